The van der Waals surface area contributed by atoms with Gasteiger partial charge in [0.05, 0.1) is 5.56 Å². The molecule has 1 aliphatic carbocycles. The van der Waals surface area contributed by atoms with Crippen molar-refractivity contribution in [2.24, 2.45) is 11.8 Å². The number of esters is 1. The zero-order chi connectivity index (χ0) is 17.6. The first-order valence-electron chi connectivity index (χ1n) is 8.76. The van der Waals surface area contributed by atoms with E-state index in [0.29, 0.717) is 12.3 Å². The Morgan fingerprint density at radius 2 is 1.58 bits per heavy atom. The molecule has 134 valence electrons. The summed E-state index contributed by atoms with van der Waals surface area (Å²) in [4.78, 5) is 11.9. The van der Waals surface area contributed by atoms with E-state index in [1.807, 2.05) is 0 Å². The Morgan fingerprint density at radius 3 is 2.08 bits per heavy atom. The summed E-state index contributed by atoms with van der Waals surface area (Å²) in [5.41, 5.74) is -0.744. The van der Waals surface area contributed by atoms with Crippen molar-refractivity contribution in [3.8, 4) is 5.75 Å². The van der Waals surface area contributed by atoms with Crippen LogP contribution in [0.15, 0.2) is 24.3 Å². The first kappa shape index (κ1) is 18.8. The Bertz CT molecular complexity index is 514. The molecule has 0 atom stereocenters. The predicted molar refractivity (Wildman–Crippen MR) is 86.7 cm³/mol. The first-order chi connectivity index (χ1) is 11.4. The monoisotopic (exact) mass is 342 g/mol. The maximum absolute atomic E-state index is 12.5. The predicted octanol–water partition coefficient (Wildman–Crippen LogP) is 6.00. The summed E-state index contributed by atoms with van der Waals surface area (Å²) in [7, 11) is 0. The van der Waals surface area contributed by atoms with Crippen molar-refractivity contribution in [3.05, 3.63) is 29.8 Å². The topological polar surface area (TPSA) is 26.3 Å². The van der Waals surface area contributed by atoms with Gasteiger partial charge in [0.25, 0.3) is 0 Å². The summed E-state index contributed by atoms with van der Waals surface area (Å²) >= 11 is 0. The Labute approximate surface area is 141 Å². The van der Waals surface area contributed by atoms with Crippen LogP contribution in [-0.2, 0) is 11.0 Å². The number of carbonyl (C=O) groups is 1. The molecule has 1 aromatic carbocycles. The number of hydrogen-bond donors (Lipinski definition) is 0. The average Bonchev–Trinajstić information content (AvgIpc) is 2.54. The van der Waals surface area contributed by atoms with Crippen LogP contribution >= 0.6 is 0 Å². The second-order valence-electron chi connectivity index (χ2n) is 6.71. The largest absolute Gasteiger partial charge is 0.427 e. The lowest BCUT2D eigenvalue weighted by Gasteiger charge is -2.28. The van der Waals surface area contributed by atoms with E-state index in [1.165, 1.54) is 37.8 Å². The number of rotatable bonds is 6. The van der Waals surface area contributed by atoms with Gasteiger partial charge in [-0.25, -0.2) is 0 Å². The highest BCUT2D eigenvalue weighted by Gasteiger charge is 2.30. The fraction of sp³-hybridized carbons (Fsp3) is 0.632. The minimum Gasteiger partial charge on any atom is -0.427 e. The fourth-order valence-corrected chi connectivity index (χ4v) is 3.43. The Balaban J connectivity index is 1.72. The van der Waals surface area contributed by atoms with Gasteiger partial charge in [0.15, 0.2) is 0 Å². The van der Waals surface area contributed by atoms with Crippen LogP contribution in [0.3, 0.4) is 0 Å². The van der Waals surface area contributed by atoms with E-state index >= 15 is 0 Å². The maximum Gasteiger partial charge on any atom is 0.416 e. The molecule has 1 aromatic rings. The van der Waals surface area contributed by atoms with Crippen LogP contribution in [0.1, 0.15) is 63.9 Å². The van der Waals surface area contributed by atoms with Crippen LogP contribution in [0.2, 0.25) is 0 Å². The third kappa shape index (κ3) is 5.84. The molecule has 1 saturated carbocycles. The van der Waals surface area contributed by atoms with Crippen LogP contribution in [0, 0.1) is 11.8 Å². The van der Waals surface area contributed by atoms with Crippen LogP contribution < -0.4 is 4.74 Å². The minimum atomic E-state index is -4.38. The van der Waals surface area contributed by atoms with Gasteiger partial charge in [-0.15, -0.1) is 0 Å². The van der Waals surface area contributed by atoms with E-state index in [-0.39, 0.29) is 11.7 Å². The molecule has 1 fully saturated rings. The molecule has 0 aliphatic heterocycles. The van der Waals surface area contributed by atoms with Crippen molar-refractivity contribution < 1.29 is 22.7 Å². The lowest BCUT2D eigenvalue weighted by Crippen LogP contribution is -2.17. The van der Waals surface area contributed by atoms with Crippen LogP contribution in [0.25, 0.3) is 0 Å². The zero-order valence-electron chi connectivity index (χ0n) is 14.1. The van der Waals surface area contributed by atoms with Gasteiger partial charge in [-0.3, -0.25) is 4.79 Å². The quantitative estimate of drug-likeness (QED) is 0.468. The molecule has 5 heteroatoms. The van der Waals surface area contributed by atoms with Crippen LogP contribution in [0.4, 0.5) is 13.2 Å². The molecule has 1 aliphatic rings. The Hall–Kier alpha value is -1.52. The normalized spacial score (nSPS) is 21.5. The second kappa shape index (κ2) is 8.54. The number of halogens is 3. The van der Waals surface area contributed by atoms with Gasteiger partial charge < -0.3 is 4.74 Å². The number of benzene rings is 1. The molecule has 0 aromatic heterocycles. The summed E-state index contributed by atoms with van der Waals surface area (Å²) in [6, 6.07) is 4.24. The van der Waals surface area contributed by atoms with Gasteiger partial charge >= 0.3 is 12.1 Å². The Morgan fingerprint density at radius 1 is 1.04 bits per heavy atom. The number of ether oxygens (including phenoxy) is 1. The summed E-state index contributed by atoms with van der Waals surface area (Å²) in [5.74, 6) is 1.20. The molecular formula is C19H25F3O2. The molecule has 0 heterocycles. The van der Waals surface area contributed by atoms with Gasteiger partial charge in [0.1, 0.15) is 5.75 Å². The summed E-state index contributed by atoms with van der Waals surface area (Å²) in [6.45, 7) is 2.21. The lowest BCUT2D eigenvalue weighted by atomic mass is 9.78. The smallest absolute Gasteiger partial charge is 0.416 e. The molecule has 0 N–H and O–H groups in total. The Kier molecular flexibility index (Phi) is 6.69. The molecule has 0 spiro atoms. The van der Waals surface area contributed by atoms with Gasteiger partial charge in [-0.1, -0.05) is 45.4 Å². The molecule has 0 saturated heterocycles. The fourth-order valence-electron chi connectivity index (χ4n) is 3.43. The van der Waals surface area contributed by atoms with E-state index in [9.17, 15) is 18.0 Å². The van der Waals surface area contributed by atoms with Crippen molar-refractivity contribution in [3.63, 3.8) is 0 Å². The lowest BCUT2D eigenvalue weighted by molar-refractivity contribution is -0.137. The second-order valence-corrected chi connectivity index (χ2v) is 6.71. The molecule has 24 heavy (non-hydrogen) atoms. The third-order valence-electron chi connectivity index (χ3n) is 4.83. The molecular weight excluding hydrogens is 317 g/mol. The molecule has 2 nitrogen and oxygen atoms in total. The van der Waals surface area contributed by atoms with E-state index in [1.54, 1.807) is 0 Å². The molecule has 0 radical (unpaired) electrons. The highest BCUT2D eigenvalue weighted by atomic mass is 19.4. The zero-order valence-corrected chi connectivity index (χ0v) is 14.1. The third-order valence-corrected chi connectivity index (χ3v) is 4.83. The number of alkyl halides is 3. The standard InChI is InChI=1S/C19H25F3O2/c1-2-3-14-4-6-15(7-5-14)8-13-18(23)24-17-11-9-16(10-12-17)19(20,21)22/h9-12,14-15H,2-8,13H2,1H3. The van der Waals surface area contributed by atoms with Gasteiger partial charge in [0, 0.05) is 6.42 Å². The van der Waals surface area contributed by atoms with Crippen LogP contribution in [-0.4, -0.2) is 5.97 Å². The minimum absolute atomic E-state index is 0.166. The van der Waals surface area contributed by atoms with E-state index in [0.717, 1.165) is 37.3 Å². The van der Waals surface area contributed by atoms with Gasteiger partial charge in [-0.05, 0) is 42.5 Å². The van der Waals surface area contributed by atoms with Gasteiger partial charge in [0.2, 0.25) is 0 Å². The number of hydrogen-bond acceptors (Lipinski definition) is 2. The average molecular weight is 342 g/mol. The molecule has 0 unspecified atom stereocenters. The SMILES string of the molecule is CCCC1CCC(CCC(=O)Oc2ccc(C(F)(F)F)cc2)CC1. The van der Waals surface area contributed by atoms with E-state index in [4.69, 9.17) is 4.74 Å². The molecule has 2 rings (SSSR count). The van der Waals surface area contributed by atoms with E-state index in [2.05, 4.69) is 6.92 Å². The highest BCUT2D eigenvalue weighted by molar-refractivity contribution is 5.72. The van der Waals surface area contributed by atoms with Crippen molar-refractivity contribution >= 4 is 5.97 Å². The van der Waals surface area contributed by atoms with Crippen molar-refractivity contribution in [1.29, 1.82) is 0 Å². The maximum atomic E-state index is 12.5. The summed E-state index contributed by atoms with van der Waals surface area (Å²) in [5, 5.41) is 0. The highest BCUT2D eigenvalue weighted by Crippen LogP contribution is 2.34. The summed E-state index contributed by atoms with van der Waals surface area (Å²) in [6.07, 6.45) is 4.09. The van der Waals surface area contributed by atoms with Crippen molar-refractivity contribution in [2.45, 2.75) is 64.5 Å². The van der Waals surface area contributed by atoms with Crippen molar-refractivity contribution in [2.75, 3.05) is 0 Å². The van der Waals surface area contributed by atoms with Gasteiger partial charge in [-0.2, -0.15) is 13.2 Å². The van der Waals surface area contributed by atoms with Crippen LogP contribution in [0.5, 0.6) is 5.75 Å². The molecule has 0 bridgehead atoms. The first-order valence-corrected chi connectivity index (χ1v) is 8.76. The summed E-state index contributed by atoms with van der Waals surface area (Å²) < 4.78 is 42.6. The molecule has 0 amide bonds. The number of carbonyl (C=O) groups excluding carboxylic acids is 1. The van der Waals surface area contributed by atoms with Crippen molar-refractivity contribution in [1.82, 2.24) is 0 Å². The van der Waals surface area contributed by atoms with E-state index < -0.39 is 11.7 Å².